The monoisotopic (exact) mass is 376 g/mol. The summed E-state index contributed by atoms with van der Waals surface area (Å²) < 4.78 is 2.07. The maximum Gasteiger partial charge on any atom is 0.157 e. The van der Waals surface area contributed by atoms with Crippen molar-refractivity contribution < 1.29 is 0 Å². The van der Waals surface area contributed by atoms with Crippen molar-refractivity contribution in [3.8, 4) is 22.5 Å². The largest absolute Gasteiger partial charge is 0.365 e. The number of nitrogens with one attached hydrogen (secondary N) is 1. The summed E-state index contributed by atoms with van der Waals surface area (Å²) in [5, 5.41) is 4.32. The summed E-state index contributed by atoms with van der Waals surface area (Å²) in [6.45, 7) is 6.42. The van der Waals surface area contributed by atoms with Crippen molar-refractivity contribution in [1.29, 1.82) is 0 Å². The van der Waals surface area contributed by atoms with Gasteiger partial charge in [-0.1, -0.05) is 54.1 Å². The molecule has 4 rings (SSSR count). The number of anilines is 1. The van der Waals surface area contributed by atoms with Crippen LogP contribution in [0.5, 0.6) is 0 Å². The second kappa shape index (κ2) is 6.71. The highest BCUT2D eigenvalue weighted by molar-refractivity contribution is 6.30. The first-order valence-electron chi connectivity index (χ1n) is 8.88. The Balaban J connectivity index is 1.91. The highest BCUT2D eigenvalue weighted by Crippen LogP contribution is 2.31. The van der Waals surface area contributed by atoms with Gasteiger partial charge in [0.2, 0.25) is 0 Å². The molecule has 0 aliphatic heterocycles. The van der Waals surface area contributed by atoms with E-state index in [2.05, 4.69) is 47.6 Å². The SMILES string of the molecule is CC(C)(C)Nc1c(-c2ccccc2)nc2cnc(-c3ccc(Cl)cc3)cn12. The lowest BCUT2D eigenvalue weighted by Gasteiger charge is -2.22. The molecule has 0 saturated carbocycles. The highest BCUT2D eigenvalue weighted by atomic mass is 35.5. The predicted molar refractivity (Wildman–Crippen MR) is 112 cm³/mol. The molecule has 0 amide bonds. The quantitative estimate of drug-likeness (QED) is 0.482. The van der Waals surface area contributed by atoms with Gasteiger partial charge in [0, 0.05) is 27.9 Å². The Kier molecular flexibility index (Phi) is 4.36. The number of hydrogen-bond acceptors (Lipinski definition) is 3. The van der Waals surface area contributed by atoms with Crippen molar-refractivity contribution in [1.82, 2.24) is 14.4 Å². The van der Waals surface area contributed by atoms with Gasteiger partial charge < -0.3 is 5.32 Å². The maximum absolute atomic E-state index is 6.02. The first-order chi connectivity index (χ1) is 12.9. The van der Waals surface area contributed by atoms with E-state index in [0.29, 0.717) is 5.02 Å². The number of halogens is 1. The summed E-state index contributed by atoms with van der Waals surface area (Å²) in [5.74, 6) is 0.960. The van der Waals surface area contributed by atoms with Crippen LogP contribution in [-0.2, 0) is 0 Å². The fraction of sp³-hybridized carbons (Fsp3) is 0.182. The molecule has 0 fully saturated rings. The Morgan fingerprint density at radius 2 is 1.63 bits per heavy atom. The Labute approximate surface area is 163 Å². The summed E-state index contributed by atoms with van der Waals surface area (Å²) in [6.07, 6.45) is 3.83. The van der Waals surface area contributed by atoms with Gasteiger partial charge in [0.25, 0.3) is 0 Å². The first-order valence-corrected chi connectivity index (χ1v) is 9.26. The van der Waals surface area contributed by atoms with Crippen LogP contribution in [0.4, 0.5) is 5.82 Å². The topological polar surface area (TPSA) is 42.2 Å². The molecule has 0 bridgehead atoms. The molecule has 1 N–H and O–H groups in total. The van der Waals surface area contributed by atoms with Crippen LogP contribution in [0.25, 0.3) is 28.2 Å². The van der Waals surface area contributed by atoms with Crippen molar-refractivity contribution in [3.63, 3.8) is 0 Å². The molecule has 2 aromatic heterocycles. The van der Waals surface area contributed by atoms with Gasteiger partial charge in [-0.3, -0.25) is 9.38 Å². The van der Waals surface area contributed by atoms with Gasteiger partial charge >= 0.3 is 0 Å². The molecular formula is C22H21ClN4. The molecule has 0 aliphatic carbocycles. The van der Waals surface area contributed by atoms with Crippen LogP contribution in [-0.4, -0.2) is 19.9 Å². The van der Waals surface area contributed by atoms with Crippen molar-refractivity contribution in [3.05, 3.63) is 72.0 Å². The van der Waals surface area contributed by atoms with Gasteiger partial charge in [-0.15, -0.1) is 0 Å². The standard InChI is InChI=1S/C22H21ClN4/c1-22(2,3)26-21-20(16-7-5-4-6-8-16)25-19-13-24-18(14-27(19)21)15-9-11-17(23)12-10-15/h4-14,26H,1-3H3. The van der Waals surface area contributed by atoms with E-state index < -0.39 is 0 Å². The molecule has 27 heavy (non-hydrogen) atoms. The van der Waals surface area contributed by atoms with Crippen LogP contribution >= 0.6 is 11.6 Å². The molecule has 0 spiro atoms. The van der Waals surface area contributed by atoms with E-state index in [1.807, 2.05) is 54.9 Å². The molecule has 4 nitrogen and oxygen atoms in total. The zero-order valence-corrected chi connectivity index (χ0v) is 16.3. The number of hydrogen-bond donors (Lipinski definition) is 1. The van der Waals surface area contributed by atoms with Crippen LogP contribution in [0.3, 0.4) is 0 Å². The fourth-order valence-electron chi connectivity index (χ4n) is 3.00. The molecule has 0 atom stereocenters. The Bertz CT molecular complexity index is 1080. The normalized spacial score (nSPS) is 11.7. The summed E-state index contributed by atoms with van der Waals surface area (Å²) in [5.41, 5.74) is 4.56. The molecule has 0 unspecified atom stereocenters. The van der Waals surface area contributed by atoms with Crippen LogP contribution in [0.15, 0.2) is 67.0 Å². The third-order valence-electron chi connectivity index (χ3n) is 4.19. The van der Waals surface area contributed by atoms with Crippen molar-refractivity contribution >= 4 is 23.1 Å². The van der Waals surface area contributed by atoms with Crippen LogP contribution in [0, 0.1) is 0 Å². The summed E-state index contributed by atoms with van der Waals surface area (Å²) >= 11 is 6.02. The Hall–Kier alpha value is -2.85. The number of imidazole rings is 1. The van der Waals surface area contributed by atoms with E-state index in [1.54, 1.807) is 0 Å². The molecular weight excluding hydrogens is 356 g/mol. The lowest BCUT2D eigenvalue weighted by Crippen LogP contribution is -2.27. The molecule has 2 aromatic carbocycles. The molecule has 4 aromatic rings. The third kappa shape index (κ3) is 3.67. The van der Waals surface area contributed by atoms with Gasteiger partial charge in [0.05, 0.1) is 11.9 Å². The van der Waals surface area contributed by atoms with Crippen LogP contribution < -0.4 is 5.32 Å². The highest BCUT2D eigenvalue weighted by Gasteiger charge is 2.19. The molecule has 136 valence electrons. The lowest BCUT2D eigenvalue weighted by atomic mass is 10.1. The minimum atomic E-state index is -0.108. The van der Waals surface area contributed by atoms with E-state index in [4.69, 9.17) is 16.6 Å². The van der Waals surface area contributed by atoms with Crippen LogP contribution in [0.2, 0.25) is 5.02 Å². The summed E-state index contributed by atoms with van der Waals surface area (Å²) in [7, 11) is 0. The average molecular weight is 377 g/mol. The zero-order chi connectivity index (χ0) is 19.0. The van der Waals surface area contributed by atoms with Crippen molar-refractivity contribution in [2.45, 2.75) is 26.3 Å². The average Bonchev–Trinajstić information content (AvgIpc) is 2.99. The van der Waals surface area contributed by atoms with E-state index >= 15 is 0 Å². The number of nitrogens with zero attached hydrogens (tertiary/aromatic N) is 3. The molecule has 0 aliphatic rings. The first kappa shape index (κ1) is 17.6. The summed E-state index contributed by atoms with van der Waals surface area (Å²) in [4.78, 5) is 9.43. The van der Waals surface area contributed by atoms with Crippen LogP contribution in [0.1, 0.15) is 20.8 Å². The second-order valence-corrected chi connectivity index (χ2v) is 7.99. The summed E-state index contributed by atoms with van der Waals surface area (Å²) in [6, 6.07) is 17.9. The molecule has 0 radical (unpaired) electrons. The van der Waals surface area contributed by atoms with E-state index in [-0.39, 0.29) is 5.54 Å². The maximum atomic E-state index is 6.02. The number of fused-ring (bicyclic) bond motifs is 1. The molecule has 2 heterocycles. The molecule has 5 heteroatoms. The predicted octanol–water partition coefficient (Wildman–Crippen LogP) is 5.93. The van der Waals surface area contributed by atoms with E-state index in [0.717, 1.165) is 34.0 Å². The van der Waals surface area contributed by atoms with E-state index in [1.165, 1.54) is 0 Å². The Morgan fingerprint density at radius 3 is 2.30 bits per heavy atom. The fourth-order valence-corrected chi connectivity index (χ4v) is 3.12. The Morgan fingerprint density at radius 1 is 0.926 bits per heavy atom. The van der Waals surface area contributed by atoms with Crippen molar-refractivity contribution in [2.24, 2.45) is 0 Å². The van der Waals surface area contributed by atoms with Gasteiger partial charge in [-0.05, 0) is 32.9 Å². The number of aromatic nitrogens is 3. The van der Waals surface area contributed by atoms with Gasteiger partial charge in [0.1, 0.15) is 11.5 Å². The molecule has 0 saturated heterocycles. The zero-order valence-electron chi connectivity index (χ0n) is 15.6. The van der Waals surface area contributed by atoms with Gasteiger partial charge in [-0.2, -0.15) is 0 Å². The smallest absolute Gasteiger partial charge is 0.157 e. The number of benzene rings is 2. The third-order valence-corrected chi connectivity index (χ3v) is 4.44. The minimum Gasteiger partial charge on any atom is -0.365 e. The van der Waals surface area contributed by atoms with Gasteiger partial charge in [-0.25, -0.2) is 4.98 Å². The van der Waals surface area contributed by atoms with Gasteiger partial charge in [0.15, 0.2) is 5.65 Å². The number of rotatable bonds is 3. The van der Waals surface area contributed by atoms with Crippen molar-refractivity contribution in [2.75, 3.05) is 5.32 Å². The second-order valence-electron chi connectivity index (χ2n) is 7.56. The van der Waals surface area contributed by atoms with E-state index in [9.17, 15) is 0 Å². The minimum absolute atomic E-state index is 0.108. The lowest BCUT2D eigenvalue weighted by molar-refractivity contribution is 0.629.